The number of nitrogens with one attached hydrogen (secondary N) is 1. The van der Waals surface area contributed by atoms with E-state index < -0.39 is 0 Å². The van der Waals surface area contributed by atoms with Gasteiger partial charge in [0.25, 0.3) is 0 Å². The van der Waals surface area contributed by atoms with Crippen molar-refractivity contribution >= 4 is 11.8 Å². The highest BCUT2D eigenvalue weighted by Gasteiger charge is 2.11. The summed E-state index contributed by atoms with van der Waals surface area (Å²) in [6.45, 7) is 6.18. The standard InChI is InChI=1S/C24H32N2O4/c1-4-26(5-2)24(28)13-9-12-23(27)25-17-20-14-15-21(22(16-20)29-3)30-18-19-10-7-6-8-11-19/h6-8,10-11,14-16H,4-5,9,12-13,17-18H2,1-3H3,(H,25,27). The van der Waals surface area contributed by atoms with Crippen LogP contribution in [0.2, 0.25) is 0 Å². The van der Waals surface area contributed by atoms with Crippen LogP contribution in [0.15, 0.2) is 48.5 Å². The number of carbonyl (C=O) groups is 2. The first-order chi connectivity index (χ1) is 14.6. The van der Waals surface area contributed by atoms with Gasteiger partial charge >= 0.3 is 0 Å². The zero-order valence-electron chi connectivity index (χ0n) is 18.1. The summed E-state index contributed by atoms with van der Waals surface area (Å²) in [5.74, 6) is 1.32. The summed E-state index contributed by atoms with van der Waals surface area (Å²) < 4.78 is 11.3. The molecule has 0 unspecified atom stereocenters. The van der Waals surface area contributed by atoms with E-state index in [-0.39, 0.29) is 11.8 Å². The van der Waals surface area contributed by atoms with Gasteiger partial charge in [0.05, 0.1) is 7.11 Å². The van der Waals surface area contributed by atoms with E-state index in [0.717, 1.165) is 11.1 Å². The maximum atomic E-state index is 12.1. The Labute approximate surface area is 179 Å². The number of amides is 2. The third kappa shape index (κ3) is 7.43. The van der Waals surface area contributed by atoms with Crippen molar-refractivity contribution in [2.45, 2.75) is 46.3 Å². The Kier molecular flexibility index (Phi) is 9.71. The number of ether oxygens (including phenoxy) is 2. The van der Waals surface area contributed by atoms with Gasteiger partial charge in [0, 0.05) is 32.5 Å². The molecule has 0 aliphatic carbocycles. The van der Waals surface area contributed by atoms with Crippen LogP contribution in [0.4, 0.5) is 0 Å². The lowest BCUT2D eigenvalue weighted by molar-refractivity contribution is -0.131. The van der Waals surface area contributed by atoms with Crippen LogP contribution >= 0.6 is 0 Å². The Hall–Kier alpha value is -3.02. The molecule has 0 saturated heterocycles. The quantitative estimate of drug-likeness (QED) is 0.574. The van der Waals surface area contributed by atoms with Gasteiger partial charge in [-0.05, 0) is 43.5 Å². The first kappa shape index (κ1) is 23.3. The normalized spacial score (nSPS) is 10.4. The first-order valence-corrected chi connectivity index (χ1v) is 10.5. The van der Waals surface area contributed by atoms with Crippen molar-refractivity contribution in [1.29, 1.82) is 0 Å². The molecule has 2 rings (SSSR count). The van der Waals surface area contributed by atoms with E-state index in [9.17, 15) is 9.59 Å². The fraction of sp³-hybridized carbons (Fsp3) is 0.417. The largest absolute Gasteiger partial charge is 0.493 e. The van der Waals surface area contributed by atoms with E-state index in [1.54, 1.807) is 12.0 Å². The van der Waals surface area contributed by atoms with Crippen LogP contribution in [0, 0.1) is 0 Å². The minimum Gasteiger partial charge on any atom is -0.493 e. The molecule has 6 heteroatoms. The molecule has 162 valence electrons. The van der Waals surface area contributed by atoms with Gasteiger partial charge in [0.1, 0.15) is 6.61 Å². The summed E-state index contributed by atoms with van der Waals surface area (Å²) in [5.41, 5.74) is 2.00. The highest BCUT2D eigenvalue weighted by molar-refractivity contribution is 5.78. The van der Waals surface area contributed by atoms with Crippen molar-refractivity contribution in [2.24, 2.45) is 0 Å². The van der Waals surface area contributed by atoms with Crippen LogP contribution in [0.1, 0.15) is 44.2 Å². The molecule has 2 aromatic carbocycles. The van der Waals surface area contributed by atoms with Crippen LogP contribution in [-0.2, 0) is 22.7 Å². The second-order valence-electron chi connectivity index (χ2n) is 6.96. The molecule has 0 aliphatic rings. The van der Waals surface area contributed by atoms with E-state index in [2.05, 4.69) is 5.32 Å². The van der Waals surface area contributed by atoms with Crippen molar-refractivity contribution in [3.63, 3.8) is 0 Å². The fourth-order valence-electron chi connectivity index (χ4n) is 3.10. The van der Waals surface area contributed by atoms with Crippen LogP contribution < -0.4 is 14.8 Å². The van der Waals surface area contributed by atoms with Crippen molar-refractivity contribution in [3.05, 3.63) is 59.7 Å². The van der Waals surface area contributed by atoms with Gasteiger partial charge in [-0.1, -0.05) is 36.4 Å². The number of rotatable bonds is 12. The summed E-state index contributed by atoms with van der Waals surface area (Å²) in [6.07, 6.45) is 1.29. The minimum atomic E-state index is -0.0642. The number of benzene rings is 2. The molecule has 0 spiro atoms. The Morgan fingerprint density at radius 1 is 0.933 bits per heavy atom. The zero-order valence-corrected chi connectivity index (χ0v) is 18.1. The third-order valence-electron chi connectivity index (χ3n) is 4.87. The third-order valence-corrected chi connectivity index (χ3v) is 4.87. The molecule has 0 saturated carbocycles. The molecule has 0 bridgehead atoms. The van der Waals surface area contributed by atoms with Gasteiger partial charge in [-0.15, -0.1) is 0 Å². The number of hydrogen-bond acceptors (Lipinski definition) is 4. The zero-order chi connectivity index (χ0) is 21.8. The lowest BCUT2D eigenvalue weighted by atomic mass is 10.1. The van der Waals surface area contributed by atoms with E-state index in [1.165, 1.54) is 0 Å². The van der Waals surface area contributed by atoms with E-state index in [4.69, 9.17) is 9.47 Å². The second kappa shape index (κ2) is 12.5. The number of hydrogen-bond donors (Lipinski definition) is 1. The van der Waals surface area contributed by atoms with E-state index >= 15 is 0 Å². The maximum Gasteiger partial charge on any atom is 0.222 e. The molecule has 0 heterocycles. The monoisotopic (exact) mass is 412 g/mol. The fourth-order valence-corrected chi connectivity index (χ4v) is 3.10. The molecule has 0 atom stereocenters. The minimum absolute atomic E-state index is 0.0642. The SMILES string of the molecule is CCN(CC)C(=O)CCCC(=O)NCc1ccc(OCc2ccccc2)c(OC)c1. The molecule has 0 aromatic heterocycles. The predicted octanol–water partition coefficient (Wildman–Crippen LogP) is 3.93. The smallest absolute Gasteiger partial charge is 0.222 e. The van der Waals surface area contributed by atoms with E-state index in [0.29, 0.717) is 57.0 Å². The Bertz CT molecular complexity index is 804. The van der Waals surface area contributed by atoms with Gasteiger partial charge in [-0.2, -0.15) is 0 Å². The Morgan fingerprint density at radius 3 is 2.33 bits per heavy atom. The predicted molar refractivity (Wildman–Crippen MR) is 117 cm³/mol. The number of methoxy groups -OCH3 is 1. The summed E-state index contributed by atoms with van der Waals surface area (Å²) in [6, 6.07) is 15.6. The van der Waals surface area contributed by atoms with Crippen LogP contribution in [-0.4, -0.2) is 36.9 Å². The Morgan fingerprint density at radius 2 is 1.67 bits per heavy atom. The number of carbonyl (C=O) groups excluding carboxylic acids is 2. The maximum absolute atomic E-state index is 12.1. The summed E-state index contributed by atoms with van der Waals surface area (Å²) in [4.78, 5) is 25.9. The van der Waals surface area contributed by atoms with Gasteiger partial charge in [-0.3, -0.25) is 9.59 Å². The first-order valence-electron chi connectivity index (χ1n) is 10.5. The highest BCUT2D eigenvalue weighted by atomic mass is 16.5. The van der Waals surface area contributed by atoms with Crippen molar-refractivity contribution in [1.82, 2.24) is 10.2 Å². The average Bonchev–Trinajstić information content (AvgIpc) is 2.78. The molecular weight excluding hydrogens is 380 g/mol. The molecule has 2 aromatic rings. The van der Waals surface area contributed by atoms with Gasteiger partial charge < -0.3 is 19.7 Å². The van der Waals surface area contributed by atoms with Crippen LogP contribution in [0.3, 0.4) is 0 Å². The van der Waals surface area contributed by atoms with Gasteiger partial charge in [0.2, 0.25) is 11.8 Å². The van der Waals surface area contributed by atoms with Crippen LogP contribution in [0.5, 0.6) is 11.5 Å². The van der Waals surface area contributed by atoms with Gasteiger partial charge in [0.15, 0.2) is 11.5 Å². The van der Waals surface area contributed by atoms with Crippen molar-refractivity contribution in [3.8, 4) is 11.5 Å². The van der Waals surface area contributed by atoms with Crippen LogP contribution in [0.25, 0.3) is 0 Å². The number of nitrogens with zero attached hydrogens (tertiary/aromatic N) is 1. The molecule has 2 amide bonds. The molecule has 1 N–H and O–H groups in total. The lowest BCUT2D eigenvalue weighted by Crippen LogP contribution is -2.30. The molecule has 6 nitrogen and oxygen atoms in total. The van der Waals surface area contributed by atoms with Gasteiger partial charge in [-0.25, -0.2) is 0 Å². The molecule has 30 heavy (non-hydrogen) atoms. The second-order valence-corrected chi connectivity index (χ2v) is 6.96. The molecule has 0 aliphatic heterocycles. The summed E-state index contributed by atoms with van der Waals surface area (Å²) in [5, 5.41) is 2.90. The average molecular weight is 413 g/mol. The summed E-state index contributed by atoms with van der Waals surface area (Å²) in [7, 11) is 1.60. The molecular formula is C24H32N2O4. The highest BCUT2D eigenvalue weighted by Crippen LogP contribution is 2.28. The van der Waals surface area contributed by atoms with Crippen molar-refractivity contribution < 1.29 is 19.1 Å². The molecule has 0 fully saturated rings. The van der Waals surface area contributed by atoms with E-state index in [1.807, 2.05) is 62.4 Å². The summed E-state index contributed by atoms with van der Waals surface area (Å²) >= 11 is 0. The Balaban J connectivity index is 1.79. The topological polar surface area (TPSA) is 67.9 Å². The molecule has 0 radical (unpaired) electrons. The van der Waals surface area contributed by atoms with Crippen molar-refractivity contribution in [2.75, 3.05) is 20.2 Å². The lowest BCUT2D eigenvalue weighted by Gasteiger charge is -2.18.